The maximum atomic E-state index is 12.0. The van der Waals surface area contributed by atoms with Gasteiger partial charge in [0.15, 0.2) is 6.10 Å². The van der Waals surface area contributed by atoms with Crippen molar-refractivity contribution in [1.82, 2.24) is 0 Å². The van der Waals surface area contributed by atoms with Gasteiger partial charge in [-0.2, -0.15) is 0 Å². The third-order valence-electron chi connectivity index (χ3n) is 5.34. The Bertz CT molecular complexity index is 745. The van der Waals surface area contributed by atoms with Crippen molar-refractivity contribution in [1.29, 1.82) is 0 Å². The summed E-state index contributed by atoms with van der Waals surface area (Å²) in [5, 5.41) is 20.8. The zero-order valence-corrected chi connectivity index (χ0v) is 17.2. The van der Waals surface area contributed by atoms with Gasteiger partial charge >= 0.3 is 17.9 Å². The first-order valence-electron chi connectivity index (χ1n) is 9.85. The first-order chi connectivity index (χ1) is 14.7. The van der Waals surface area contributed by atoms with Crippen molar-refractivity contribution in [2.24, 2.45) is 11.8 Å². The molecule has 2 saturated heterocycles. The number of aliphatic hydroxyl groups is 2. The van der Waals surface area contributed by atoms with Gasteiger partial charge < -0.3 is 38.6 Å². The number of hydrogen-bond donors (Lipinski definition) is 2. The number of fused-ring (bicyclic) bond motifs is 1. The van der Waals surface area contributed by atoms with Crippen LogP contribution in [-0.2, 0) is 42.8 Å². The maximum absolute atomic E-state index is 12.0. The third kappa shape index (κ3) is 5.06. The first-order valence-corrected chi connectivity index (χ1v) is 9.85. The molecule has 3 heterocycles. The molecule has 11 heteroatoms. The van der Waals surface area contributed by atoms with Gasteiger partial charge in [-0.15, -0.1) is 6.58 Å². The van der Waals surface area contributed by atoms with Crippen molar-refractivity contribution in [3.8, 4) is 0 Å². The second-order valence-corrected chi connectivity index (χ2v) is 7.46. The zero-order valence-electron chi connectivity index (χ0n) is 17.2. The fraction of sp³-hybridized carbons (Fsp3) is 0.650. The van der Waals surface area contributed by atoms with Crippen LogP contribution in [0.25, 0.3) is 0 Å². The molecular weight excluding hydrogens is 416 g/mol. The number of rotatable bonds is 6. The molecule has 3 aliphatic rings. The number of carbonyl (C=O) groups excluding carboxylic acids is 3. The van der Waals surface area contributed by atoms with Crippen LogP contribution in [0, 0.1) is 11.8 Å². The lowest BCUT2D eigenvalue weighted by atomic mass is 9.81. The molecule has 0 radical (unpaired) electrons. The number of aliphatic hydroxyl groups excluding tert-OH is 2. The number of carbonyl (C=O) groups is 3. The molecule has 0 amide bonds. The number of esters is 3. The largest absolute Gasteiger partial charge is 0.471 e. The molecule has 11 nitrogen and oxygen atoms in total. The van der Waals surface area contributed by atoms with Crippen molar-refractivity contribution >= 4 is 17.9 Å². The summed E-state index contributed by atoms with van der Waals surface area (Å²) in [5.74, 6) is -2.54. The summed E-state index contributed by atoms with van der Waals surface area (Å²) in [7, 11) is 0. The molecule has 3 aliphatic heterocycles. The van der Waals surface area contributed by atoms with E-state index in [9.17, 15) is 24.6 Å². The Labute approximate surface area is 178 Å². The Morgan fingerprint density at radius 2 is 1.97 bits per heavy atom. The van der Waals surface area contributed by atoms with Crippen LogP contribution in [0.1, 0.15) is 20.3 Å². The van der Waals surface area contributed by atoms with Crippen LogP contribution in [0.3, 0.4) is 0 Å². The molecule has 0 aromatic heterocycles. The van der Waals surface area contributed by atoms with Crippen LogP contribution in [0.2, 0.25) is 0 Å². The molecule has 0 aromatic rings. The van der Waals surface area contributed by atoms with E-state index >= 15 is 0 Å². The van der Waals surface area contributed by atoms with Crippen molar-refractivity contribution in [3.05, 3.63) is 24.5 Å². The highest BCUT2D eigenvalue weighted by molar-refractivity contribution is 5.89. The van der Waals surface area contributed by atoms with Gasteiger partial charge in [-0.25, -0.2) is 4.79 Å². The van der Waals surface area contributed by atoms with Crippen LogP contribution >= 0.6 is 0 Å². The summed E-state index contributed by atoms with van der Waals surface area (Å²) in [4.78, 5) is 34.6. The van der Waals surface area contributed by atoms with Crippen LogP contribution < -0.4 is 0 Å². The van der Waals surface area contributed by atoms with Gasteiger partial charge in [0.2, 0.25) is 12.6 Å². The highest BCUT2D eigenvalue weighted by Crippen LogP contribution is 2.39. The van der Waals surface area contributed by atoms with Crippen molar-refractivity contribution in [3.63, 3.8) is 0 Å². The fourth-order valence-electron chi connectivity index (χ4n) is 3.82. The minimum absolute atomic E-state index is 0.239. The monoisotopic (exact) mass is 442 g/mol. The Morgan fingerprint density at radius 3 is 2.61 bits per heavy atom. The highest BCUT2D eigenvalue weighted by Gasteiger charge is 2.50. The SMILES string of the molecule is C=C[C@H]1[C@H](O[C@@H]2O[C@H](COC(C)=O)[C@@H](O)[C@H](O)[C@H]2OC(C)=O)OC=C2C(=O)OCC[C@H]21. The Morgan fingerprint density at radius 1 is 1.23 bits per heavy atom. The van der Waals surface area contributed by atoms with E-state index in [1.807, 2.05) is 0 Å². The van der Waals surface area contributed by atoms with E-state index in [0.717, 1.165) is 6.92 Å². The number of hydrogen-bond acceptors (Lipinski definition) is 11. The Kier molecular flexibility index (Phi) is 7.31. The zero-order chi connectivity index (χ0) is 22.7. The normalized spacial score (nSPS) is 37.4. The molecule has 0 aromatic carbocycles. The highest BCUT2D eigenvalue weighted by atomic mass is 16.8. The van der Waals surface area contributed by atoms with Gasteiger partial charge in [-0.3, -0.25) is 9.59 Å². The summed E-state index contributed by atoms with van der Waals surface area (Å²) in [6.45, 7) is 5.99. The molecule has 0 bridgehead atoms. The van der Waals surface area contributed by atoms with Gasteiger partial charge in [0, 0.05) is 25.7 Å². The molecule has 2 fully saturated rings. The molecule has 3 rings (SSSR count). The summed E-state index contributed by atoms with van der Waals surface area (Å²) in [6, 6.07) is 0. The van der Waals surface area contributed by atoms with E-state index in [1.54, 1.807) is 6.08 Å². The van der Waals surface area contributed by atoms with Crippen LogP contribution in [0.15, 0.2) is 24.5 Å². The average Bonchev–Trinajstić information content (AvgIpc) is 2.72. The van der Waals surface area contributed by atoms with Crippen LogP contribution in [0.5, 0.6) is 0 Å². The summed E-state index contributed by atoms with van der Waals surface area (Å²) in [5.41, 5.74) is 0.361. The van der Waals surface area contributed by atoms with Gasteiger partial charge in [-0.1, -0.05) is 6.08 Å². The molecule has 31 heavy (non-hydrogen) atoms. The molecule has 2 N–H and O–H groups in total. The minimum atomic E-state index is -1.58. The van der Waals surface area contributed by atoms with E-state index in [-0.39, 0.29) is 19.1 Å². The van der Waals surface area contributed by atoms with E-state index < -0.39 is 60.8 Å². The summed E-state index contributed by atoms with van der Waals surface area (Å²) < 4.78 is 32.1. The lowest BCUT2D eigenvalue weighted by Gasteiger charge is -2.44. The molecule has 8 atom stereocenters. The lowest BCUT2D eigenvalue weighted by molar-refractivity contribution is -0.341. The molecule has 0 saturated carbocycles. The van der Waals surface area contributed by atoms with Crippen molar-refractivity contribution in [2.75, 3.05) is 13.2 Å². The fourth-order valence-corrected chi connectivity index (χ4v) is 3.82. The molecule has 0 spiro atoms. The van der Waals surface area contributed by atoms with Crippen LogP contribution in [-0.4, -0.2) is 78.3 Å². The van der Waals surface area contributed by atoms with E-state index in [4.69, 9.17) is 28.4 Å². The Hall–Kier alpha value is -2.47. The van der Waals surface area contributed by atoms with E-state index in [0.29, 0.717) is 12.0 Å². The first kappa shape index (κ1) is 23.2. The van der Waals surface area contributed by atoms with Crippen molar-refractivity contribution in [2.45, 2.75) is 57.3 Å². The lowest BCUT2D eigenvalue weighted by Crippen LogP contribution is -2.61. The maximum Gasteiger partial charge on any atom is 0.337 e. The van der Waals surface area contributed by atoms with Gasteiger partial charge in [0.25, 0.3) is 0 Å². The van der Waals surface area contributed by atoms with E-state index in [1.165, 1.54) is 13.2 Å². The predicted octanol–water partition coefficient (Wildman–Crippen LogP) is -0.450. The number of cyclic esters (lactones) is 1. The predicted molar refractivity (Wildman–Crippen MR) is 99.7 cm³/mol. The quantitative estimate of drug-likeness (QED) is 0.313. The molecule has 172 valence electrons. The topological polar surface area (TPSA) is 147 Å². The van der Waals surface area contributed by atoms with E-state index in [2.05, 4.69) is 6.58 Å². The standard InChI is InChI=1S/C20H26O11/c1-4-11-12-5-6-26-18(25)13(12)7-28-19(11)31-20-17(29-10(3)22)16(24)15(23)14(30-20)8-27-9(2)21/h4,7,11-12,14-17,19-20,23-24H,1,5-6,8H2,2-3H3/t11-,12+,14-,15-,16+,17-,19+,20+/m1/s1. The molecule has 0 aliphatic carbocycles. The second-order valence-electron chi connectivity index (χ2n) is 7.46. The third-order valence-corrected chi connectivity index (χ3v) is 5.34. The van der Waals surface area contributed by atoms with Crippen molar-refractivity contribution < 1.29 is 53.0 Å². The van der Waals surface area contributed by atoms with Gasteiger partial charge in [0.05, 0.1) is 18.4 Å². The molecular formula is C20H26O11. The van der Waals surface area contributed by atoms with Gasteiger partial charge in [-0.05, 0) is 6.42 Å². The minimum Gasteiger partial charge on any atom is -0.471 e. The van der Waals surface area contributed by atoms with Gasteiger partial charge in [0.1, 0.15) is 24.9 Å². The Balaban J connectivity index is 1.81. The average molecular weight is 442 g/mol. The smallest absolute Gasteiger partial charge is 0.337 e. The van der Waals surface area contributed by atoms with Crippen LogP contribution in [0.4, 0.5) is 0 Å². The summed E-state index contributed by atoms with van der Waals surface area (Å²) in [6.07, 6.45) is -4.59. The summed E-state index contributed by atoms with van der Waals surface area (Å²) >= 11 is 0. The second kappa shape index (κ2) is 9.77. The number of ether oxygens (including phenoxy) is 6. The molecule has 0 unspecified atom stereocenters.